The van der Waals surface area contributed by atoms with E-state index in [1.165, 1.54) is 6.20 Å². The molecule has 5 rings (SSSR count). The van der Waals surface area contributed by atoms with Crippen molar-refractivity contribution in [2.24, 2.45) is 28.9 Å². The summed E-state index contributed by atoms with van der Waals surface area (Å²) in [6.45, 7) is 4.45. The number of carbonyl (C=O) groups excluding carboxylic acids is 3. The molecule has 1 aliphatic heterocycles. The van der Waals surface area contributed by atoms with Crippen LogP contribution in [0.3, 0.4) is 0 Å². The van der Waals surface area contributed by atoms with Gasteiger partial charge in [-0.2, -0.15) is 0 Å². The maximum atomic E-state index is 13.1. The second-order valence-corrected chi connectivity index (χ2v) is 9.27. The van der Waals surface area contributed by atoms with Crippen LogP contribution in [-0.2, 0) is 14.4 Å². The first-order valence-corrected chi connectivity index (χ1v) is 10.3. The van der Waals surface area contributed by atoms with Crippen LogP contribution in [0.2, 0.25) is 0 Å². The third-order valence-electron chi connectivity index (χ3n) is 7.25. The van der Waals surface area contributed by atoms with Crippen LogP contribution in [-0.4, -0.2) is 40.2 Å². The van der Waals surface area contributed by atoms with E-state index >= 15 is 0 Å². The van der Waals surface area contributed by atoms with E-state index in [0.717, 1.165) is 37.7 Å². The summed E-state index contributed by atoms with van der Waals surface area (Å²) >= 11 is 0. The lowest BCUT2D eigenvalue weighted by atomic mass is 9.68. The third-order valence-corrected chi connectivity index (χ3v) is 7.25. The van der Waals surface area contributed by atoms with Crippen molar-refractivity contribution in [1.29, 1.82) is 0 Å². The van der Waals surface area contributed by atoms with Gasteiger partial charge in [0.1, 0.15) is 5.82 Å². The van der Waals surface area contributed by atoms with Crippen LogP contribution in [0.25, 0.3) is 0 Å². The number of rotatable bonds is 3. The second-order valence-electron chi connectivity index (χ2n) is 9.27. The highest BCUT2D eigenvalue weighted by Crippen LogP contribution is 2.63. The number of amides is 3. The van der Waals surface area contributed by atoms with Crippen molar-refractivity contribution in [3.8, 4) is 0 Å². The van der Waals surface area contributed by atoms with E-state index in [0.29, 0.717) is 29.9 Å². The maximum Gasteiger partial charge on any atom is 0.313 e. The number of carbonyl (C=O) groups is 3. The van der Waals surface area contributed by atoms with Gasteiger partial charge in [-0.1, -0.05) is 6.92 Å². The van der Waals surface area contributed by atoms with Crippen molar-refractivity contribution in [1.82, 2.24) is 9.88 Å². The lowest BCUT2D eigenvalue weighted by Gasteiger charge is -2.43. The van der Waals surface area contributed by atoms with Crippen LogP contribution in [0.1, 0.15) is 44.6 Å². The average molecular weight is 399 g/mol. The zero-order valence-corrected chi connectivity index (χ0v) is 17.0. The number of aryl methyl sites for hydroxylation is 1. The van der Waals surface area contributed by atoms with Crippen LogP contribution < -0.4 is 16.8 Å². The van der Waals surface area contributed by atoms with Crippen molar-refractivity contribution in [3.05, 3.63) is 17.8 Å². The van der Waals surface area contributed by atoms with Crippen LogP contribution in [0.5, 0.6) is 0 Å². The Morgan fingerprint density at radius 2 is 1.97 bits per heavy atom. The smallest absolute Gasteiger partial charge is 0.313 e. The first-order chi connectivity index (χ1) is 13.7. The molecule has 0 aromatic carbocycles. The minimum atomic E-state index is -0.662. The van der Waals surface area contributed by atoms with E-state index in [-0.39, 0.29) is 23.3 Å². The zero-order chi connectivity index (χ0) is 20.9. The van der Waals surface area contributed by atoms with Crippen LogP contribution in [0, 0.1) is 30.1 Å². The molecule has 0 radical (unpaired) electrons. The number of piperidine rings is 1. The van der Waals surface area contributed by atoms with Gasteiger partial charge in [0.05, 0.1) is 11.9 Å². The summed E-state index contributed by atoms with van der Waals surface area (Å²) in [5.74, 6) is -0.0104. The fraction of sp³-hybridized carbons (Fsp3) is 0.619. The van der Waals surface area contributed by atoms with Crippen LogP contribution >= 0.6 is 0 Å². The molecule has 1 saturated heterocycles. The lowest BCUT2D eigenvalue weighted by Crippen LogP contribution is -2.53. The first kappa shape index (κ1) is 19.7. The number of nitrogens with zero attached hydrogens (tertiary/aromatic N) is 2. The Balaban J connectivity index is 1.49. The summed E-state index contributed by atoms with van der Waals surface area (Å²) in [4.78, 5) is 43.4. The molecule has 5 N–H and O–H groups in total. The SMILES string of the molecule is Cc1cc(NC(=O)C(=O)N2C[C@@H](C)CC[C@H]2[C@@H]2CC3(C(N)=O)CC2C3)cnc1N. The topological polar surface area (TPSA) is 131 Å². The van der Waals surface area contributed by atoms with E-state index < -0.39 is 11.8 Å². The molecule has 4 aliphatic rings. The minimum Gasteiger partial charge on any atom is -0.383 e. The predicted molar refractivity (Wildman–Crippen MR) is 108 cm³/mol. The van der Waals surface area contributed by atoms with Crippen LogP contribution in [0.4, 0.5) is 11.5 Å². The third kappa shape index (κ3) is 3.34. The number of primary amides is 1. The molecule has 29 heavy (non-hydrogen) atoms. The van der Waals surface area contributed by atoms with Crippen molar-refractivity contribution in [3.63, 3.8) is 0 Å². The van der Waals surface area contributed by atoms with Gasteiger partial charge in [-0.25, -0.2) is 4.98 Å². The molecule has 4 fully saturated rings. The largest absolute Gasteiger partial charge is 0.383 e. The molecule has 3 amide bonds. The van der Waals surface area contributed by atoms with Crippen molar-refractivity contribution in [2.45, 2.75) is 52.0 Å². The molecule has 2 heterocycles. The lowest BCUT2D eigenvalue weighted by molar-refractivity contribution is -0.147. The Hall–Kier alpha value is -2.64. The Bertz CT molecular complexity index is 864. The fourth-order valence-corrected chi connectivity index (χ4v) is 5.60. The summed E-state index contributed by atoms with van der Waals surface area (Å²) in [6, 6.07) is 1.69. The Kier molecular flexibility index (Phi) is 4.75. The molecule has 3 saturated carbocycles. The summed E-state index contributed by atoms with van der Waals surface area (Å²) in [5.41, 5.74) is 12.2. The number of nitrogens with two attached hydrogens (primary N) is 2. The van der Waals surface area contributed by atoms with Crippen molar-refractivity contribution >= 4 is 29.2 Å². The summed E-state index contributed by atoms with van der Waals surface area (Å²) in [5, 5.41) is 2.66. The predicted octanol–water partition coefficient (Wildman–Crippen LogP) is 1.44. The molecular formula is C21H29N5O3. The normalized spacial score (nSPS) is 33.1. The number of hydrogen-bond donors (Lipinski definition) is 3. The molecule has 2 bridgehead atoms. The number of likely N-dealkylation sites (tertiary alicyclic amines) is 1. The molecule has 3 atom stereocenters. The summed E-state index contributed by atoms with van der Waals surface area (Å²) < 4.78 is 0. The van der Waals surface area contributed by atoms with Crippen molar-refractivity contribution in [2.75, 3.05) is 17.6 Å². The number of hydrogen-bond acceptors (Lipinski definition) is 5. The van der Waals surface area contributed by atoms with E-state index in [1.807, 2.05) is 0 Å². The summed E-state index contributed by atoms with van der Waals surface area (Å²) in [7, 11) is 0. The molecule has 8 nitrogen and oxygen atoms in total. The van der Waals surface area contributed by atoms with Gasteiger partial charge in [-0.15, -0.1) is 0 Å². The van der Waals surface area contributed by atoms with Gasteiger partial charge in [0.15, 0.2) is 0 Å². The number of pyridine rings is 1. The van der Waals surface area contributed by atoms with Crippen LogP contribution in [0.15, 0.2) is 12.3 Å². The highest BCUT2D eigenvalue weighted by atomic mass is 16.2. The highest BCUT2D eigenvalue weighted by molar-refractivity contribution is 6.39. The van der Waals surface area contributed by atoms with Crippen molar-refractivity contribution < 1.29 is 14.4 Å². The van der Waals surface area contributed by atoms with E-state index in [4.69, 9.17) is 11.5 Å². The Morgan fingerprint density at radius 3 is 2.59 bits per heavy atom. The Morgan fingerprint density at radius 1 is 1.24 bits per heavy atom. The number of nitrogens with one attached hydrogen (secondary N) is 1. The van der Waals surface area contributed by atoms with Gasteiger partial charge >= 0.3 is 11.8 Å². The molecule has 0 unspecified atom stereocenters. The molecule has 8 heteroatoms. The van der Waals surface area contributed by atoms with Gasteiger partial charge in [-0.05, 0) is 68.4 Å². The molecule has 0 spiro atoms. The number of fused-ring (bicyclic) bond motifs is 1. The number of anilines is 2. The number of aromatic nitrogens is 1. The summed E-state index contributed by atoms with van der Waals surface area (Å²) in [6.07, 6.45) is 5.71. The minimum absolute atomic E-state index is 0.00976. The second kappa shape index (κ2) is 7.00. The van der Waals surface area contributed by atoms with Gasteiger partial charge in [0.2, 0.25) is 5.91 Å². The van der Waals surface area contributed by atoms with E-state index in [2.05, 4.69) is 17.2 Å². The fourth-order valence-electron chi connectivity index (χ4n) is 5.60. The first-order valence-electron chi connectivity index (χ1n) is 10.3. The van der Waals surface area contributed by atoms with Gasteiger partial charge < -0.3 is 21.7 Å². The van der Waals surface area contributed by atoms with E-state index in [9.17, 15) is 14.4 Å². The molecule has 1 aromatic rings. The molecular weight excluding hydrogens is 370 g/mol. The van der Waals surface area contributed by atoms with Gasteiger partial charge in [0.25, 0.3) is 0 Å². The molecule has 1 aromatic heterocycles. The van der Waals surface area contributed by atoms with E-state index in [1.54, 1.807) is 17.9 Å². The highest BCUT2D eigenvalue weighted by Gasteiger charge is 2.62. The maximum absolute atomic E-state index is 13.1. The monoisotopic (exact) mass is 399 g/mol. The van der Waals surface area contributed by atoms with Gasteiger partial charge in [-0.3, -0.25) is 14.4 Å². The Labute approximate surface area is 170 Å². The standard InChI is InChI=1S/C21H29N5O3/c1-11-3-4-16(15-8-21(20(23)29)6-13(15)7-21)26(10-11)19(28)18(27)25-14-5-12(2)17(22)24-9-14/h5,9,11,13,15-16H,3-4,6-8,10H2,1-2H3,(H2,22,24)(H2,23,29)(H,25,27)/t11-,13?,15+,16-,21?/m0/s1. The quantitative estimate of drug-likeness (QED) is 0.662. The zero-order valence-electron chi connectivity index (χ0n) is 17.0. The molecule has 3 aliphatic carbocycles. The number of nitrogen functional groups attached to an aromatic ring is 1. The average Bonchev–Trinajstić information content (AvgIpc) is 3.21. The van der Waals surface area contributed by atoms with Gasteiger partial charge in [0, 0.05) is 18.0 Å². The molecule has 156 valence electrons.